The van der Waals surface area contributed by atoms with Gasteiger partial charge in [-0.05, 0) is 190 Å². The zero-order valence-electron chi connectivity index (χ0n) is 51.2. The molecule has 1 saturated heterocycles. The van der Waals surface area contributed by atoms with E-state index in [1.54, 1.807) is 42.7 Å². The van der Waals surface area contributed by atoms with Crippen LogP contribution in [-0.2, 0) is 19.0 Å². The number of benzene rings is 2. The number of fused-ring (bicyclic) bond motifs is 2. The van der Waals surface area contributed by atoms with Gasteiger partial charge in [0.2, 0.25) is 5.78 Å². The van der Waals surface area contributed by atoms with Gasteiger partial charge in [0.25, 0.3) is 5.91 Å². The summed E-state index contributed by atoms with van der Waals surface area (Å²) in [6.45, 7) is 27.1. The fourth-order valence-corrected chi connectivity index (χ4v) is 9.27. The van der Waals surface area contributed by atoms with E-state index in [9.17, 15) is 19.2 Å². The second-order valence-corrected chi connectivity index (χ2v) is 23.5. The Balaban J connectivity index is 0.000000208. The first kappa shape index (κ1) is 66.3. The SMILES string of the molecule is Brc1ccccn1.CC1CCCO1.CON(C)C(=O)c1cc(-c2c(C)noc2C)cc2c1nc(C1CC1)n2C(=O)OC(C)(C)C.Cc1noc(C)c1-c1cc(C(=O)c2ccccn2)c2nc(C3CC3)n(C(=O)OC(C)(C)C)c2c1.[CH2-]CCC.[Li+]. The molecule has 3 fully saturated rings. The molecule has 7 heterocycles. The van der Waals surface area contributed by atoms with Crippen LogP contribution in [0.1, 0.15) is 180 Å². The van der Waals surface area contributed by atoms with Crippen LogP contribution in [0.25, 0.3) is 44.3 Å². The van der Waals surface area contributed by atoms with Gasteiger partial charge in [-0.15, -0.1) is 0 Å². The number of nitrogens with zero attached hydrogens (tertiary/aromatic N) is 9. The predicted octanol–water partition coefficient (Wildman–Crippen LogP) is 11.9. The number of hydroxylamine groups is 2. The Kier molecular flexibility index (Phi) is 22.8. The second kappa shape index (κ2) is 28.8. The number of pyridine rings is 2. The number of aryl methyl sites for hydroxylation is 4. The van der Waals surface area contributed by atoms with Crippen LogP contribution < -0.4 is 18.9 Å². The number of rotatable bonds is 9. The van der Waals surface area contributed by atoms with Crippen molar-refractivity contribution in [2.75, 3.05) is 20.8 Å². The Morgan fingerprint density at radius 2 is 1.18 bits per heavy atom. The summed E-state index contributed by atoms with van der Waals surface area (Å²) >= 11 is 3.20. The van der Waals surface area contributed by atoms with Crippen molar-refractivity contribution in [3.8, 4) is 22.3 Å². The third kappa shape index (κ3) is 16.7. The van der Waals surface area contributed by atoms with E-state index in [4.69, 9.17) is 38.1 Å². The smallest absolute Gasteiger partial charge is 0.443 e. The number of carbonyl (C=O) groups excluding carboxylic acids is 4. The zero-order valence-corrected chi connectivity index (χ0v) is 52.8. The van der Waals surface area contributed by atoms with Crippen molar-refractivity contribution < 1.29 is 66.1 Å². The summed E-state index contributed by atoms with van der Waals surface area (Å²) in [7, 11) is 2.95. The van der Waals surface area contributed by atoms with Gasteiger partial charge < -0.3 is 30.2 Å². The van der Waals surface area contributed by atoms with Gasteiger partial charge in [0.1, 0.15) is 55.7 Å². The Labute approximate surface area is 512 Å². The molecule has 1 amide bonds. The summed E-state index contributed by atoms with van der Waals surface area (Å²) in [5.74, 6) is 2.14. The molecule has 3 aliphatic rings. The molecule has 0 bridgehead atoms. The van der Waals surface area contributed by atoms with E-state index < -0.39 is 23.4 Å². The quantitative estimate of drug-likeness (QED) is 0.0431. The van der Waals surface area contributed by atoms with Gasteiger partial charge in [0.15, 0.2) is 0 Å². The molecule has 2 aliphatic carbocycles. The number of ether oxygens (including phenoxy) is 3. The monoisotopic (exact) mass is 1210 g/mol. The van der Waals surface area contributed by atoms with Gasteiger partial charge in [-0.1, -0.05) is 35.8 Å². The molecule has 2 saturated carbocycles. The molecule has 84 heavy (non-hydrogen) atoms. The molecule has 1 aliphatic heterocycles. The summed E-state index contributed by atoms with van der Waals surface area (Å²) in [5, 5.41) is 9.24. The zero-order chi connectivity index (χ0) is 60.5. The summed E-state index contributed by atoms with van der Waals surface area (Å²) in [4.78, 5) is 76.2. The number of amides is 1. The number of hydrogen-bond donors (Lipinski definition) is 0. The molecular weight excluding hydrogens is 1130 g/mol. The maximum absolute atomic E-state index is 13.6. The molecule has 8 aromatic rings. The Morgan fingerprint density at radius 1 is 0.714 bits per heavy atom. The molecule has 442 valence electrons. The fraction of sp³-hybridized carbons (Fsp3) is 0.444. The van der Waals surface area contributed by atoms with Gasteiger partial charge in [0.05, 0.1) is 46.8 Å². The second-order valence-electron chi connectivity index (χ2n) is 22.7. The van der Waals surface area contributed by atoms with Crippen LogP contribution in [0.2, 0.25) is 0 Å². The molecule has 1 unspecified atom stereocenters. The first-order valence-electron chi connectivity index (χ1n) is 28.1. The fourth-order valence-electron chi connectivity index (χ4n) is 9.00. The van der Waals surface area contributed by atoms with Crippen LogP contribution in [0.4, 0.5) is 9.59 Å². The van der Waals surface area contributed by atoms with Crippen molar-refractivity contribution in [3.63, 3.8) is 0 Å². The van der Waals surface area contributed by atoms with Crippen molar-refractivity contribution in [1.82, 2.24) is 44.4 Å². The third-order valence-corrected chi connectivity index (χ3v) is 13.8. The number of imidazole rings is 2. The van der Waals surface area contributed by atoms with Crippen LogP contribution >= 0.6 is 15.9 Å². The van der Waals surface area contributed by atoms with Gasteiger partial charge in [-0.3, -0.25) is 19.4 Å². The van der Waals surface area contributed by atoms with Gasteiger partial charge >= 0.3 is 31.0 Å². The number of halogens is 1. The molecule has 6 aromatic heterocycles. The van der Waals surface area contributed by atoms with E-state index in [1.807, 2.05) is 99.6 Å². The van der Waals surface area contributed by atoms with Crippen LogP contribution in [0.3, 0.4) is 0 Å². The van der Waals surface area contributed by atoms with E-state index in [-0.39, 0.29) is 42.4 Å². The summed E-state index contributed by atoms with van der Waals surface area (Å²) in [5.41, 5.74) is 5.91. The van der Waals surface area contributed by atoms with E-state index in [1.165, 1.54) is 42.6 Å². The van der Waals surface area contributed by atoms with E-state index in [0.717, 1.165) is 65.1 Å². The standard InChI is InChI=1S/C26H26N4O4.C23H28N4O5.C5H4BrN.C5H10O.C4H9.Li/c1-14-21(15(2)34-29-14)17-12-18(23(31)19-8-6-7-11-27-19)22-20(13-17)30(24(28-22)16-9-10-16)25(32)33-26(3,4)5;1-12-18(13(2)32-25-12)15-10-16(21(28)26(6)30-7)19-17(11-15)27(20(24-19)14-8-9-14)22(29)31-23(3,4)5;6-5-3-1-2-4-7-5;1-5-3-2-4-6-5;1-3-4-2;/h6-8,11-13,16H,9-10H2,1-5H3;10-11,14H,8-9H2,1-7H3;1-4H;5H,2-4H2,1H3;1,3-4H2,2H3;/q;;;;-1;+1. The van der Waals surface area contributed by atoms with Gasteiger partial charge in [0, 0.05) is 49.0 Å². The topological polar surface area (TPSA) is 222 Å². The molecule has 2 aromatic carbocycles. The minimum Gasteiger partial charge on any atom is -0.443 e. The average Bonchev–Trinajstić information content (AvgIpc) is 3.36. The van der Waals surface area contributed by atoms with Crippen LogP contribution in [0, 0.1) is 34.6 Å². The summed E-state index contributed by atoms with van der Waals surface area (Å²) in [6.07, 6.45) is 11.4. The van der Waals surface area contributed by atoms with Crippen LogP contribution in [0.15, 0.2) is 86.7 Å². The minimum atomic E-state index is -0.680. The molecule has 0 radical (unpaired) electrons. The molecule has 0 spiro atoms. The molecule has 1 atom stereocenters. The molecule has 19 nitrogen and oxygen atoms in total. The normalized spacial score (nSPS) is 14.5. The molecule has 11 rings (SSSR count). The van der Waals surface area contributed by atoms with E-state index in [2.05, 4.69) is 57.0 Å². The maximum atomic E-state index is 13.6. The first-order valence-corrected chi connectivity index (χ1v) is 28.9. The number of aromatic nitrogens is 8. The van der Waals surface area contributed by atoms with Crippen molar-refractivity contribution in [2.45, 2.75) is 164 Å². The van der Waals surface area contributed by atoms with E-state index >= 15 is 0 Å². The van der Waals surface area contributed by atoms with Crippen molar-refractivity contribution in [3.05, 3.63) is 136 Å². The third-order valence-electron chi connectivity index (χ3n) is 13.3. The van der Waals surface area contributed by atoms with Gasteiger partial charge in [-0.2, -0.15) is 6.42 Å². The van der Waals surface area contributed by atoms with Crippen molar-refractivity contribution in [2.24, 2.45) is 0 Å². The van der Waals surface area contributed by atoms with Crippen molar-refractivity contribution >= 4 is 61.9 Å². The van der Waals surface area contributed by atoms with Crippen LogP contribution in [-0.4, -0.2) is 106 Å². The number of unbranched alkanes of at least 4 members (excludes halogenated alkanes) is 1. The number of carbonyl (C=O) groups is 4. The minimum absolute atomic E-state index is 0. The molecule has 21 heteroatoms. The van der Waals surface area contributed by atoms with E-state index in [0.29, 0.717) is 85.1 Å². The summed E-state index contributed by atoms with van der Waals surface area (Å²) < 4.78 is 31.2. The number of ketones is 1. The first-order chi connectivity index (χ1) is 39.4. The maximum Gasteiger partial charge on any atom is 1.00 e. The average molecular weight is 1210 g/mol. The van der Waals surface area contributed by atoms with Crippen molar-refractivity contribution in [1.29, 1.82) is 0 Å². The van der Waals surface area contributed by atoms with Gasteiger partial charge in [-0.25, -0.2) is 38.7 Å². The Bertz CT molecular complexity index is 3510. The Hall–Kier alpha value is -6.82. The largest absolute Gasteiger partial charge is 1.00 e. The van der Waals surface area contributed by atoms with Crippen LogP contribution in [0.5, 0.6) is 0 Å². The summed E-state index contributed by atoms with van der Waals surface area (Å²) in [6, 6.07) is 18.1. The molecular formula is C63H77BrLiN9O10. The molecule has 0 N–H and O–H groups in total. The number of hydrogen-bond acceptors (Lipinski definition) is 16. The predicted molar refractivity (Wildman–Crippen MR) is 320 cm³/mol. The Morgan fingerprint density at radius 3 is 1.50 bits per heavy atom.